The Kier molecular flexibility index (Phi) is 4.78. The predicted molar refractivity (Wildman–Crippen MR) is 84.2 cm³/mol. The van der Waals surface area contributed by atoms with Gasteiger partial charge in [-0.15, -0.1) is 0 Å². The molecule has 0 aliphatic carbocycles. The van der Waals surface area contributed by atoms with Gasteiger partial charge in [0.05, 0.1) is 18.4 Å². The van der Waals surface area contributed by atoms with E-state index < -0.39 is 16.1 Å². The third kappa shape index (κ3) is 3.49. The van der Waals surface area contributed by atoms with Gasteiger partial charge in [0.2, 0.25) is 0 Å². The van der Waals surface area contributed by atoms with Crippen LogP contribution in [0.4, 0.5) is 0 Å². The van der Waals surface area contributed by atoms with Crippen LogP contribution in [0.25, 0.3) is 0 Å². The molecule has 116 valence electrons. The van der Waals surface area contributed by atoms with Crippen molar-refractivity contribution in [2.24, 2.45) is 4.40 Å². The van der Waals surface area contributed by atoms with Gasteiger partial charge in [-0.05, 0) is 46.1 Å². The maximum absolute atomic E-state index is 12.1. The highest BCUT2D eigenvalue weighted by Crippen LogP contribution is 2.24. The average Bonchev–Trinajstić information content (AvgIpc) is 2.81. The standard InChI is InChI=1S/C15H22N2O3S/c1-15(2,3)21(19)16-10-13-12(14(18)20-4)9-11-7-5-6-8-17(11)13/h9-10H,5-8H2,1-4H3/b16-10+. The molecule has 0 amide bonds. The van der Waals surface area contributed by atoms with E-state index in [0.717, 1.165) is 31.5 Å². The number of esters is 1. The number of fused-ring (bicyclic) bond motifs is 1. The lowest BCUT2D eigenvalue weighted by Crippen LogP contribution is -2.26. The van der Waals surface area contributed by atoms with Gasteiger partial charge in [0.1, 0.15) is 22.3 Å². The molecule has 2 rings (SSSR count). The zero-order valence-corrected chi connectivity index (χ0v) is 13.8. The Morgan fingerprint density at radius 2 is 2.19 bits per heavy atom. The summed E-state index contributed by atoms with van der Waals surface area (Å²) >= 11 is -1.34. The van der Waals surface area contributed by atoms with Crippen molar-refractivity contribution in [3.05, 3.63) is 23.0 Å². The van der Waals surface area contributed by atoms with Gasteiger partial charge in [-0.3, -0.25) is 0 Å². The first-order valence-electron chi connectivity index (χ1n) is 7.11. The molecule has 1 unspecified atom stereocenters. The van der Waals surface area contributed by atoms with Crippen LogP contribution in [0, 0.1) is 0 Å². The van der Waals surface area contributed by atoms with Crippen molar-refractivity contribution >= 4 is 23.5 Å². The number of methoxy groups -OCH3 is 1. The molecule has 1 aliphatic heterocycles. The second-order valence-electron chi connectivity index (χ2n) is 6.13. The van der Waals surface area contributed by atoms with E-state index >= 15 is 0 Å². The minimum absolute atomic E-state index is 0.375. The number of rotatable bonds is 3. The molecule has 0 fully saturated rings. The number of carbonyl (C=O) groups excluding carboxylic acids is 1. The third-order valence-electron chi connectivity index (χ3n) is 3.49. The van der Waals surface area contributed by atoms with Crippen LogP contribution in [0.3, 0.4) is 0 Å². The van der Waals surface area contributed by atoms with E-state index in [1.54, 1.807) is 6.21 Å². The highest BCUT2D eigenvalue weighted by molar-refractivity contribution is 7.91. The number of hydrogen-bond donors (Lipinski definition) is 0. The van der Waals surface area contributed by atoms with Crippen molar-refractivity contribution in [3.63, 3.8) is 0 Å². The van der Waals surface area contributed by atoms with Crippen LogP contribution in [0.15, 0.2) is 10.5 Å². The van der Waals surface area contributed by atoms with Crippen LogP contribution < -0.4 is 0 Å². The molecule has 0 aromatic carbocycles. The van der Waals surface area contributed by atoms with Crippen molar-refractivity contribution < 1.29 is 14.1 Å². The monoisotopic (exact) mass is 310 g/mol. The molecule has 0 bridgehead atoms. The van der Waals surface area contributed by atoms with E-state index in [-0.39, 0.29) is 5.97 Å². The Labute approximate surface area is 128 Å². The zero-order valence-electron chi connectivity index (χ0n) is 13.0. The molecular weight excluding hydrogens is 288 g/mol. The Balaban J connectivity index is 2.39. The fourth-order valence-corrected chi connectivity index (χ4v) is 2.85. The van der Waals surface area contributed by atoms with E-state index in [4.69, 9.17) is 4.74 Å². The first-order chi connectivity index (χ1) is 9.84. The summed E-state index contributed by atoms with van der Waals surface area (Å²) in [6, 6.07) is 1.87. The van der Waals surface area contributed by atoms with E-state index in [2.05, 4.69) is 8.96 Å². The maximum Gasteiger partial charge on any atom is 0.340 e. The summed E-state index contributed by atoms with van der Waals surface area (Å²) in [5, 5.41) is 0. The van der Waals surface area contributed by atoms with Gasteiger partial charge in [0.25, 0.3) is 0 Å². The Morgan fingerprint density at radius 1 is 1.48 bits per heavy atom. The molecule has 5 nitrogen and oxygen atoms in total. The van der Waals surface area contributed by atoms with Gasteiger partial charge in [0, 0.05) is 12.2 Å². The van der Waals surface area contributed by atoms with Crippen LogP contribution >= 0.6 is 0 Å². The summed E-state index contributed by atoms with van der Waals surface area (Å²) in [5.74, 6) is -0.375. The quantitative estimate of drug-likeness (QED) is 0.489. The Hall–Kier alpha value is -1.27. The molecule has 0 saturated heterocycles. The summed E-state index contributed by atoms with van der Waals surface area (Å²) in [7, 11) is 1.37. The third-order valence-corrected chi connectivity index (χ3v) is 4.83. The number of nitrogens with zero attached hydrogens (tertiary/aromatic N) is 2. The fourth-order valence-electron chi connectivity index (χ4n) is 2.33. The fraction of sp³-hybridized carbons (Fsp3) is 0.600. The first kappa shape index (κ1) is 16.1. The topological polar surface area (TPSA) is 66.7 Å². The van der Waals surface area contributed by atoms with E-state index in [1.165, 1.54) is 7.11 Å². The molecule has 1 aromatic heterocycles. The molecule has 2 heterocycles. The SMILES string of the molecule is COC(=O)c1cc2n(c1/C=N/[S+]([O-])C(C)(C)C)CCCC2. The maximum atomic E-state index is 12.1. The Bertz CT molecular complexity index is 558. The number of carbonyl (C=O) groups is 1. The second-order valence-corrected chi connectivity index (χ2v) is 8.06. The lowest BCUT2D eigenvalue weighted by atomic mass is 10.1. The van der Waals surface area contributed by atoms with Gasteiger partial charge in [-0.2, -0.15) is 0 Å². The number of ether oxygens (including phenoxy) is 1. The van der Waals surface area contributed by atoms with Crippen molar-refractivity contribution in [2.45, 2.75) is 51.3 Å². The second kappa shape index (κ2) is 6.23. The molecule has 1 atom stereocenters. The lowest BCUT2D eigenvalue weighted by molar-refractivity contribution is 0.0600. The molecule has 0 spiro atoms. The van der Waals surface area contributed by atoms with Crippen molar-refractivity contribution in [1.82, 2.24) is 4.57 Å². The Morgan fingerprint density at radius 3 is 2.81 bits per heavy atom. The molecule has 0 saturated carbocycles. The van der Waals surface area contributed by atoms with Crippen molar-refractivity contribution in [3.8, 4) is 0 Å². The van der Waals surface area contributed by atoms with Crippen molar-refractivity contribution in [2.75, 3.05) is 7.11 Å². The normalized spacial score (nSPS) is 16.8. The van der Waals surface area contributed by atoms with E-state index in [0.29, 0.717) is 11.3 Å². The molecule has 0 N–H and O–H groups in total. The van der Waals surface area contributed by atoms with Gasteiger partial charge in [-0.1, -0.05) is 4.40 Å². The molecule has 0 radical (unpaired) electrons. The van der Waals surface area contributed by atoms with E-state index in [1.807, 2.05) is 26.8 Å². The minimum Gasteiger partial charge on any atom is -0.591 e. The largest absolute Gasteiger partial charge is 0.591 e. The van der Waals surface area contributed by atoms with Gasteiger partial charge in [0.15, 0.2) is 0 Å². The molecular formula is C15H22N2O3S. The van der Waals surface area contributed by atoms with Crippen LogP contribution in [-0.2, 0) is 29.1 Å². The summed E-state index contributed by atoms with van der Waals surface area (Å²) < 4.78 is 22.7. The molecule has 6 heteroatoms. The van der Waals surface area contributed by atoms with Crippen molar-refractivity contribution in [1.29, 1.82) is 0 Å². The molecule has 21 heavy (non-hydrogen) atoms. The van der Waals surface area contributed by atoms with Crippen LogP contribution in [0.2, 0.25) is 0 Å². The zero-order chi connectivity index (χ0) is 15.6. The minimum atomic E-state index is -1.34. The number of hydrogen-bond acceptors (Lipinski definition) is 4. The lowest BCUT2D eigenvalue weighted by Gasteiger charge is -2.19. The van der Waals surface area contributed by atoms with Gasteiger partial charge < -0.3 is 13.9 Å². The summed E-state index contributed by atoms with van der Waals surface area (Å²) in [6.45, 7) is 6.47. The summed E-state index contributed by atoms with van der Waals surface area (Å²) in [4.78, 5) is 11.9. The number of aromatic nitrogens is 1. The predicted octanol–water partition coefficient (Wildman–Crippen LogP) is 2.49. The first-order valence-corrected chi connectivity index (χ1v) is 8.22. The number of aryl methyl sites for hydroxylation is 1. The van der Waals surface area contributed by atoms with Crippen LogP contribution in [0.1, 0.15) is 55.4 Å². The van der Waals surface area contributed by atoms with Gasteiger partial charge in [-0.25, -0.2) is 4.79 Å². The van der Waals surface area contributed by atoms with E-state index in [9.17, 15) is 9.35 Å². The highest BCUT2D eigenvalue weighted by atomic mass is 32.2. The molecule has 1 aromatic rings. The molecule has 1 aliphatic rings. The highest BCUT2D eigenvalue weighted by Gasteiger charge is 2.27. The average molecular weight is 310 g/mol. The van der Waals surface area contributed by atoms with Gasteiger partial charge >= 0.3 is 5.97 Å². The summed E-state index contributed by atoms with van der Waals surface area (Å²) in [6.07, 6.45) is 4.70. The van der Waals surface area contributed by atoms with Crippen LogP contribution in [0.5, 0.6) is 0 Å². The summed E-state index contributed by atoms with van der Waals surface area (Å²) in [5.41, 5.74) is 2.32. The smallest absolute Gasteiger partial charge is 0.340 e. The van der Waals surface area contributed by atoms with Crippen LogP contribution in [-0.4, -0.2) is 33.2 Å².